The van der Waals surface area contributed by atoms with Crippen LogP contribution in [0.2, 0.25) is 0 Å². The van der Waals surface area contributed by atoms with Crippen molar-refractivity contribution >= 4 is 11.9 Å². The lowest BCUT2D eigenvalue weighted by Crippen LogP contribution is -2.50. The van der Waals surface area contributed by atoms with E-state index in [9.17, 15) is 24.9 Å². The van der Waals surface area contributed by atoms with Crippen molar-refractivity contribution in [1.29, 1.82) is 0 Å². The summed E-state index contributed by atoms with van der Waals surface area (Å²) in [5, 5.41) is 32.4. The molecule has 3 atom stereocenters. The number of esters is 1. The van der Waals surface area contributed by atoms with Crippen LogP contribution in [0, 0.1) is 0 Å². The molecule has 0 aliphatic carbocycles. The third-order valence-electron chi connectivity index (χ3n) is 5.56. The first-order chi connectivity index (χ1) is 15.0. The number of aliphatic hydroxyl groups is 3. The van der Waals surface area contributed by atoms with Gasteiger partial charge in [-0.05, 0) is 13.3 Å². The fourth-order valence-corrected chi connectivity index (χ4v) is 3.60. The second-order valence-corrected chi connectivity index (χ2v) is 8.40. The Kier molecular flexibility index (Phi) is 19.9. The summed E-state index contributed by atoms with van der Waals surface area (Å²) in [5.41, 5.74) is 0. The maximum absolute atomic E-state index is 11.9. The van der Waals surface area contributed by atoms with Gasteiger partial charge in [-0.3, -0.25) is 9.59 Å². The van der Waals surface area contributed by atoms with Crippen LogP contribution in [0.15, 0.2) is 0 Å². The number of rotatable bonds is 21. The Balaban J connectivity index is 3.84. The van der Waals surface area contributed by atoms with Crippen LogP contribution in [0.25, 0.3) is 0 Å². The SMILES string of the molecule is CCCCCCCCCCCCCCC(O)C(O)C(CO)NC(=O)CCC(=O)OCC. The third-order valence-corrected chi connectivity index (χ3v) is 5.56. The molecule has 0 rings (SSSR count). The molecule has 0 spiro atoms. The fraction of sp³-hybridized carbons (Fsp3) is 0.917. The normalized spacial score (nSPS) is 14.1. The Labute approximate surface area is 189 Å². The van der Waals surface area contributed by atoms with Crippen molar-refractivity contribution < 1.29 is 29.6 Å². The van der Waals surface area contributed by atoms with E-state index in [1.165, 1.54) is 57.8 Å². The summed E-state index contributed by atoms with van der Waals surface area (Å²) in [5.74, 6) is -0.936. The monoisotopic (exact) mass is 445 g/mol. The Bertz CT molecular complexity index is 446. The van der Waals surface area contributed by atoms with Crippen molar-refractivity contribution in [3.63, 3.8) is 0 Å². The predicted octanol–water partition coefficient (Wildman–Crippen LogP) is 3.62. The number of carbonyl (C=O) groups is 2. The highest BCUT2D eigenvalue weighted by Gasteiger charge is 2.27. The van der Waals surface area contributed by atoms with E-state index in [1.54, 1.807) is 6.92 Å². The zero-order valence-corrected chi connectivity index (χ0v) is 19.8. The van der Waals surface area contributed by atoms with E-state index in [2.05, 4.69) is 12.2 Å². The van der Waals surface area contributed by atoms with Crippen LogP contribution in [-0.4, -0.2) is 58.7 Å². The number of ether oxygens (including phenoxy) is 1. The third kappa shape index (κ3) is 17.1. The van der Waals surface area contributed by atoms with E-state index in [-0.39, 0.29) is 19.4 Å². The van der Waals surface area contributed by atoms with Crippen LogP contribution < -0.4 is 5.32 Å². The van der Waals surface area contributed by atoms with Gasteiger partial charge in [0.15, 0.2) is 0 Å². The lowest BCUT2D eigenvalue weighted by molar-refractivity contribution is -0.144. The van der Waals surface area contributed by atoms with E-state index in [4.69, 9.17) is 4.74 Å². The number of hydrogen-bond donors (Lipinski definition) is 4. The van der Waals surface area contributed by atoms with Crippen LogP contribution in [0.4, 0.5) is 0 Å². The van der Waals surface area contributed by atoms with Crippen molar-refractivity contribution in [3.05, 3.63) is 0 Å². The summed E-state index contributed by atoms with van der Waals surface area (Å²) in [6.45, 7) is 3.69. The number of carbonyl (C=O) groups excluding carboxylic acids is 2. The van der Waals surface area contributed by atoms with Gasteiger partial charge in [0.1, 0.15) is 6.10 Å². The second kappa shape index (κ2) is 20.7. The largest absolute Gasteiger partial charge is 0.466 e. The molecule has 4 N–H and O–H groups in total. The van der Waals surface area contributed by atoms with E-state index < -0.39 is 36.7 Å². The van der Waals surface area contributed by atoms with E-state index in [0.717, 1.165) is 19.3 Å². The first-order valence-electron chi connectivity index (χ1n) is 12.4. The van der Waals surface area contributed by atoms with Crippen molar-refractivity contribution in [2.75, 3.05) is 13.2 Å². The lowest BCUT2D eigenvalue weighted by Gasteiger charge is -2.26. The molecule has 184 valence electrons. The minimum absolute atomic E-state index is 0.0602. The minimum Gasteiger partial charge on any atom is -0.466 e. The van der Waals surface area contributed by atoms with Gasteiger partial charge in [-0.2, -0.15) is 0 Å². The van der Waals surface area contributed by atoms with Crippen LogP contribution in [-0.2, 0) is 14.3 Å². The zero-order valence-electron chi connectivity index (χ0n) is 19.8. The van der Waals surface area contributed by atoms with Crippen molar-refractivity contribution in [2.24, 2.45) is 0 Å². The summed E-state index contributed by atoms with van der Waals surface area (Å²) in [6.07, 6.45) is 12.7. The Morgan fingerprint density at radius 2 is 1.32 bits per heavy atom. The molecule has 0 aliphatic rings. The minimum atomic E-state index is -1.25. The highest BCUT2D eigenvalue weighted by atomic mass is 16.5. The van der Waals surface area contributed by atoms with Crippen molar-refractivity contribution in [1.82, 2.24) is 5.32 Å². The van der Waals surface area contributed by atoms with Gasteiger partial charge in [-0.15, -0.1) is 0 Å². The summed E-state index contributed by atoms with van der Waals surface area (Å²) in [7, 11) is 0. The fourth-order valence-electron chi connectivity index (χ4n) is 3.60. The lowest BCUT2D eigenvalue weighted by atomic mass is 9.99. The van der Waals surface area contributed by atoms with Crippen molar-refractivity contribution in [3.8, 4) is 0 Å². The van der Waals surface area contributed by atoms with Gasteiger partial charge in [-0.25, -0.2) is 0 Å². The predicted molar refractivity (Wildman–Crippen MR) is 123 cm³/mol. The molecule has 0 aromatic rings. The summed E-state index contributed by atoms with van der Waals surface area (Å²) >= 11 is 0. The van der Waals surface area contributed by atoms with Gasteiger partial charge in [0, 0.05) is 6.42 Å². The topological polar surface area (TPSA) is 116 Å². The number of hydrogen-bond acceptors (Lipinski definition) is 6. The molecule has 7 nitrogen and oxygen atoms in total. The maximum Gasteiger partial charge on any atom is 0.306 e. The average Bonchev–Trinajstić information content (AvgIpc) is 2.76. The number of aliphatic hydroxyl groups excluding tert-OH is 3. The number of nitrogens with one attached hydrogen (secondary N) is 1. The molecule has 0 saturated carbocycles. The average molecular weight is 446 g/mol. The Morgan fingerprint density at radius 3 is 1.81 bits per heavy atom. The molecule has 0 heterocycles. The zero-order chi connectivity index (χ0) is 23.3. The molecule has 3 unspecified atom stereocenters. The summed E-state index contributed by atoms with van der Waals surface area (Å²) < 4.78 is 4.76. The van der Waals surface area contributed by atoms with Crippen LogP contribution in [0.5, 0.6) is 0 Å². The molecule has 0 aliphatic heterocycles. The van der Waals surface area contributed by atoms with E-state index in [1.807, 2.05) is 0 Å². The van der Waals surface area contributed by atoms with Gasteiger partial charge >= 0.3 is 5.97 Å². The quantitative estimate of drug-likeness (QED) is 0.158. The van der Waals surface area contributed by atoms with Gasteiger partial charge in [0.05, 0.1) is 31.8 Å². The standard InChI is InChI=1S/C24H47NO6/c1-3-5-6-7-8-9-10-11-12-13-14-15-16-21(27)24(30)20(19-26)25-22(28)17-18-23(29)31-4-2/h20-21,24,26-27,30H,3-19H2,1-2H3,(H,25,28). The van der Waals surface area contributed by atoms with Crippen LogP contribution >= 0.6 is 0 Å². The van der Waals surface area contributed by atoms with E-state index in [0.29, 0.717) is 6.42 Å². The van der Waals surface area contributed by atoms with Gasteiger partial charge in [0.25, 0.3) is 0 Å². The molecular weight excluding hydrogens is 398 g/mol. The molecular formula is C24H47NO6. The number of unbranched alkanes of at least 4 members (excludes halogenated alkanes) is 11. The Hall–Kier alpha value is -1.18. The highest BCUT2D eigenvalue weighted by molar-refractivity contribution is 5.81. The molecule has 0 radical (unpaired) electrons. The summed E-state index contributed by atoms with van der Waals surface area (Å²) in [6, 6.07) is -0.956. The van der Waals surface area contributed by atoms with Gasteiger partial charge < -0.3 is 25.4 Å². The molecule has 31 heavy (non-hydrogen) atoms. The molecule has 0 fully saturated rings. The summed E-state index contributed by atoms with van der Waals surface area (Å²) in [4.78, 5) is 23.2. The molecule has 7 heteroatoms. The van der Waals surface area contributed by atoms with Crippen LogP contribution in [0.3, 0.4) is 0 Å². The molecule has 0 bridgehead atoms. The number of amides is 1. The molecule has 0 saturated heterocycles. The Morgan fingerprint density at radius 1 is 0.806 bits per heavy atom. The molecule has 0 aromatic carbocycles. The van der Waals surface area contributed by atoms with Gasteiger partial charge in [-0.1, -0.05) is 84.0 Å². The van der Waals surface area contributed by atoms with Gasteiger partial charge in [0.2, 0.25) is 5.91 Å². The molecule has 1 amide bonds. The first-order valence-corrected chi connectivity index (χ1v) is 12.4. The maximum atomic E-state index is 11.9. The molecule has 0 aromatic heterocycles. The first kappa shape index (κ1) is 29.8. The second-order valence-electron chi connectivity index (χ2n) is 8.40. The van der Waals surface area contributed by atoms with Crippen molar-refractivity contribution in [2.45, 2.75) is 128 Å². The highest BCUT2D eigenvalue weighted by Crippen LogP contribution is 2.14. The smallest absolute Gasteiger partial charge is 0.306 e. The van der Waals surface area contributed by atoms with E-state index >= 15 is 0 Å². The van der Waals surface area contributed by atoms with Crippen LogP contribution in [0.1, 0.15) is 110 Å².